The molecule has 0 spiro atoms. The maximum absolute atomic E-state index is 11.0. The van der Waals surface area contributed by atoms with Gasteiger partial charge >= 0.3 is 5.97 Å². The number of hydrogen-bond donors (Lipinski definition) is 2. The third kappa shape index (κ3) is 2.21. The molecule has 1 heterocycles. The summed E-state index contributed by atoms with van der Waals surface area (Å²) in [6.07, 6.45) is 0. The van der Waals surface area contributed by atoms with Crippen LogP contribution < -0.4 is 10.5 Å². The van der Waals surface area contributed by atoms with E-state index in [0.717, 1.165) is 11.3 Å². The quantitative estimate of drug-likeness (QED) is 0.871. The number of thiazole rings is 1. The van der Waals surface area contributed by atoms with Crippen molar-refractivity contribution in [2.75, 3.05) is 12.8 Å². The van der Waals surface area contributed by atoms with Crippen molar-refractivity contribution in [3.05, 3.63) is 29.1 Å². The van der Waals surface area contributed by atoms with Gasteiger partial charge in [0.05, 0.1) is 12.8 Å². The molecule has 0 unspecified atom stereocenters. The van der Waals surface area contributed by atoms with Gasteiger partial charge in [-0.1, -0.05) is 11.3 Å². The Morgan fingerprint density at radius 1 is 1.41 bits per heavy atom. The molecule has 2 aromatic rings. The van der Waals surface area contributed by atoms with E-state index in [1.807, 2.05) is 0 Å². The predicted molar refractivity (Wildman–Crippen MR) is 65.5 cm³/mol. The van der Waals surface area contributed by atoms with Gasteiger partial charge in [-0.25, -0.2) is 9.78 Å². The Morgan fingerprint density at radius 3 is 2.59 bits per heavy atom. The second-order valence-corrected chi connectivity index (χ2v) is 4.29. The second-order valence-electron chi connectivity index (χ2n) is 3.26. The van der Waals surface area contributed by atoms with Crippen LogP contribution in [0.2, 0.25) is 0 Å². The highest BCUT2D eigenvalue weighted by Crippen LogP contribution is 2.30. The van der Waals surface area contributed by atoms with Crippen molar-refractivity contribution < 1.29 is 14.6 Å². The summed E-state index contributed by atoms with van der Waals surface area (Å²) in [7, 11) is 1.57. The van der Waals surface area contributed by atoms with Crippen molar-refractivity contribution in [1.29, 1.82) is 0 Å². The maximum Gasteiger partial charge on any atom is 0.348 e. The summed E-state index contributed by atoms with van der Waals surface area (Å²) in [5, 5.41) is 9.27. The molecular formula is C11H10N2O3S. The van der Waals surface area contributed by atoms with Crippen molar-refractivity contribution in [3.8, 4) is 17.0 Å². The number of aromatic nitrogens is 1. The molecule has 0 fully saturated rings. The zero-order valence-corrected chi connectivity index (χ0v) is 9.82. The molecule has 3 N–H and O–H groups in total. The molecule has 0 saturated heterocycles. The molecule has 0 atom stereocenters. The topological polar surface area (TPSA) is 85.4 Å². The minimum absolute atomic E-state index is 0.146. The van der Waals surface area contributed by atoms with Crippen LogP contribution in [-0.4, -0.2) is 23.2 Å². The van der Waals surface area contributed by atoms with Crippen LogP contribution in [0.3, 0.4) is 0 Å². The van der Waals surface area contributed by atoms with Crippen LogP contribution in [0.15, 0.2) is 24.3 Å². The number of hydrogen-bond acceptors (Lipinski definition) is 5. The Balaban J connectivity index is 2.48. The summed E-state index contributed by atoms with van der Waals surface area (Å²) >= 11 is 0.963. The molecule has 0 aliphatic rings. The van der Waals surface area contributed by atoms with Gasteiger partial charge < -0.3 is 15.6 Å². The second kappa shape index (κ2) is 4.42. The third-order valence-corrected chi connectivity index (χ3v) is 3.07. The molecule has 6 heteroatoms. The molecule has 0 aliphatic carbocycles. The lowest BCUT2D eigenvalue weighted by Crippen LogP contribution is -1.95. The van der Waals surface area contributed by atoms with Crippen molar-refractivity contribution >= 4 is 22.4 Å². The molecule has 17 heavy (non-hydrogen) atoms. The SMILES string of the molecule is COc1ccc(-c2nc(N)sc2C(=O)O)cc1. The molecule has 0 radical (unpaired) electrons. The number of benzene rings is 1. The summed E-state index contributed by atoms with van der Waals surface area (Å²) in [5.74, 6) is -0.321. The lowest BCUT2D eigenvalue weighted by molar-refractivity contribution is 0.0702. The Morgan fingerprint density at radius 2 is 2.06 bits per heavy atom. The third-order valence-electron chi connectivity index (χ3n) is 2.20. The summed E-state index contributed by atoms with van der Waals surface area (Å²) in [4.78, 5) is 15.2. The van der Waals surface area contributed by atoms with Crippen LogP contribution in [0.25, 0.3) is 11.3 Å². The Kier molecular flexibility index (Phi) is 2.97. The lowest BCUT2D eigenvalue weighted by Gasteiger charge is -2.01. The first-order valence-corrected chi connectivity index (χ1v) is 5.57. The van der Waals surface area contributed by atoms with Gasteiger partial charge in [0.15, 0.2) is 5.13 Å². The Hall–Kier alpha value is -2.08. The zero-order chi connectivity index (χ0) is 12.4. The number of rotatable bonds is 3. The normalized spacial score (nSPS) is 10.2. The Labute approximate surface area is 101 Å². The monoisotopic (exact) mass is 250 g/mol. The molecule has 0 amide bonds. The molecule has 5 nitrogen and oxygen atoms in total. The number of carboxylic acid groups (broad SMARTS) is 1. The van der Waals surface area contributed by atoms with Crippen LogP contribution in [0.5, 0.6) is 5.75 Å². The summed E-state index contributed by atoms with van der Waals surface area (Å²) in [5.41, 5.74) is 6.63. The van der Waals surface area contributed by atoms with Gasteiger partial charge in [0.2, 0.25) is 0 Å². The molecule has 0 bridgehead atoms. The molecule has 1 aromatic heterocycles. The fourth-order valence-corrected chi connectivity index (χ4v) is 2.12. The van der Waals surface area contributed by atoms with E-state index in [2.05, 4.69) is 4.98 Å². The van der Waals surface area contributed by atoms with E-state index < -0.39 is 5.97 Å². The summed E-state index contributed by atoms with van der Waals surface area (Å²) in [6, 6.07) is 6.99. The van der Waals surface area contributed by atoms with Gasteiger partial charge in [-0.3, -0.25) is 0 Å². The van der Waals surface area contributed by atoms with Gasteiger partial charge in [-0.15, -0.1) is 0 Å². The van der Waals surface area contributed by atoms with Crippen LogP contribution >= 0.6 is 11.3 Å². The van der Waals surface area contributed by atoms with Crippen molar-refractivity contribution in [2.24, 2.45) is 0 Å². The lowest BCUT2D eigenvalue weighted by atomic mass is 10.1. The van der Waals surface area contributed by atoms with E-state index >= 15 is 0 Å². The van der Waals surface area contributed by atoms with E-state index in [0.29, 0.717) is 17.0 Å². The number of nitrogen functional groups attached to an aromatic ring is 1. The number of anilines is 1. The number of carbonyl (C=O) groups is 1. The van der Waals surface area contributed by atoms with Crippen LogP contribution in [-0.2, 0) is 0 Å². The fourth-order valence-electron chi connectivity index (χ4n) is 1.43. The fraction of sp³-hybridized carbons (Fsp3) is 0.0909. The molecular weight excluding hydrogens is 240 g/mol. The van der Waals surface area contributed by atoms with Gasteiger partial charge in [0.25, 0.3) is 0 Å². The average Bonchev–Trinajstić information content (AvgIpc) is 2.72. The highest BCUT2D eigenvalue weighted by Gasteiger charge is 2.17. The largest absolute Gasteiger partial charge is 0.497 e. The van der Waals surface area contributed by atoms with Crippen molar-refractivity contribution in [2.45, 2.75) is 0 Å². The first-order chi connectivity index (χ1) is 8.11. The number of ether oxygens (including phenoxy) is 1. The van der Waals surface area contributed by atoms with E-state index in [4.69, 9.17) is 15.6 Å². The standard InChI is InChI=1S/C11H10N2O3S/c1-16-7-4-2-6(3-5-7)8-9(10(14)15)17-11(12)13-8/h2-5H,1H3,(H2,12,13)(H,14,15). The molecule has 1 aromatic carbocycles. The van der Waals surface area contributed by atoms with Crippen LogP contribution in [0.1, 0.15) is 9.67 Å². The van der Waals surface area contributed by atoms with Gasteiger partial charge in [0, 0.05) is 5.56 Å². The van der Waals surface area contributed by atoms with Gasteiger partial charge in [-0.05, 0) is 24.3 Å². The average molecular weight is 250 g/mol. The molecule has 0 saturated carbocycles. The highest BCUT2D eigenvalue weighted by molar-refractivity contribution is 7.17. The number of nitrogens with zero attached hydrogens (tertiary/aromatic N) is 1. The van der Waals surface area contributed by atoms with Crippen LogP contribution in [0.4, 0.5) is 5.13 Å². The molecule has 0 aliphatic heterocycles. The number of carboxylic acids is 1. The number of nitrogens with two attached hydrogens (primary N) is 1. The Bertz CT molecular complexity index is 548. The highest BCUT2D eigenvalue weighted by atomic mass is 32.1. The van der Waals surface area contributed by atoms with Crippen molar-refractivity contribution in [1.82, 2.24) is 4.98 Å². The summed E-state index contributed by atoms with van der Waals surface area (Å²) in [6.45, 7) is 0. The minimum Gasteiger partial charge on any atom is -0.497 e. The summed E-state index contributed by atoms with van der Waals surface area (Å²) < 4.78 is 5.03. The number of methoxy groups -OCH3 is 1. The first-order valence-electron chi connectivity index (χ1n) is 4.76. The van der Waals surface area contributed by atoms with E-state index in [9.17, 15) is 4.79 Å². The van der Waals surface area contributed by atoms with Crippen LogP contribution in [0, 0.1) is 0 Å². The van der Waals surface area contributed by atoms with Gasteiger partial charge in [0.1, 0.15) is 10.6 Å². The predicted octanol–water partition coefficient (Wildman–Crippen LogP) is 2.10. The van der Waals surface area contributed by atoms with E-state index in [-0.39, 0.29) is 10.0 Å². The first kappa shape index (κ1) is 11.4. The molecule has 88 valence electrons. The maximum atomic E-state index is 11.0. The molecule has 2 rings (SSSR count). The van der Waals surface area contributed by atoms with E-state index in [1.165, 1.54) is 0 Å². The minimum atomic E-state index is -1.02. The van der Waals surface area contributed by atoms with Crippen molar-refractivity contribution in [3.63, 3.8) is 0 Å². The number of aromatic carboxylic acids is 1. The van der Waals surface area contributed by atoms with E-state index in [1.54, 1.807) is 31.4 Å². The van der Waals surface area contributed by atoms with Gasteiger partial charge in [-0.2, -0.15) is 0 Å². The smallest absolute Gasteiger partial charge is 0.348 e. The zero-order valence-electron chi connectivity index (χ0n) is 9.01.